The van der Waals surface area contributed by atoms with Crippen LogP contribution < -0.4 is 0 Å². The van der Waals surface area contributed by atoms with Gasteiger partial charge in [0.15, 0.2) is 0 Å². The van der Waals surface area contributed by atoms with E-state index in [2.05, 4.69) is 17.1 Å². The van der Waals surface area contributed by atoms with Crippen molar-refractivity contribution in [1.82, 2.24) is 9.55 Å². The van der Waals surface area contributed by atoms with Gasteiger partial charge in [-0.15, -0.1) is 0 Å². The van der Waals surface area contributed by atoms with Crippen LogP contribution in [0.1, 0.15) is 24.3 Å². The van der Waals surface area contributed by atoms with Gasteiger partial charge in [0.25, 0.3) is 0 Å². The normalized spacial score (nSPS) is 12.7. The van der Waals surface area contributed by atoms with E-state index >= 15 is 0 Å². The van der Waals surface area contributed by atoms with Gasteiger partial charge in [-0.25, -0.2) is 4.98 Å². The first-order valence-corrected chi connectivity index (χ1v) is 4.99. The monoisotopic (exact) mass is 202 g/mol. The molecule has 1 heterocycles. The van der Waals surface area contributed by atoms with Gasteiger partial charge in [0.1, 0.15) is 0 Å². The lowest BCUT2D eigenvalue weighted by atomic mass is 10.2. The number of hydrogen-bond acceptors (Lipinski definition) is 2. The topological polar surface area (TPSA) is 38.0 Å². The Kier molecular flexibility index (Phi) is 2.83. The molecule has 0 fully saturated rings. The maximum Gasteiger partial charge on any atom is 0.0953 e. The summed E-state index contributed by atoms with van der Waals surface area (Å²) in [7, 11) is 0. The number of benzene rings is 1. The lowest BCUT2D eigenvalue weighted by Gasteiger charge is -2.01. The number of imidazole rings is 1. The molecule has 1 aromatic heterocycles. The standard InChI is InChI=1S/C12H14N2O/c1-10(15)12-8-14(9-13-12)7-11-5-3-2-4-6-11/h2-6,8-10,15H,7H2,1H3/t10-/m0/s1. The van der Waals surface area contributed by atoms with E-state index in [1.54, 1.807) is 13.3 Å². The summed E-state index contributed by atoms with van der Waals surface area (Å²) in [5.74, 6) is 0. The van der Waals surface area contributed by atoms with Gasteiger partial charge < -0.3 is 9.67 Å². The quantitative estimate of drug-likeness (QED) is 0.826. The minimum absolute atomic E-state index is 0.498. The van der Waals surface area contributed by atoms with Gasteiger partial charge in [-0.05, 0) is 12.5 Å². The molecule has 0 bridgehead atoms. The van der Waals surface area contributed by atoms with E-state index in [4.69, 9.17) is 0 Å². The SMILES string of the molecule is C[C@H](O)c1cn(Cc2ccccc2)cn1. The molecule has 1 N–H and O–H groups in total. The second-order valence-electron chi connectivity index (χ2n) is 3.63. The molecule has 0 aliphatic heterocycles. The molecule has 2 aromatic rings. The van der Waals surface area contributed by atoms with E-state index in [9.17, 15) is 5.11 Å². The van der Waals surface area contributed by atoms with Crippen LogP contribution in [0.15, 0.2) is 42.9 Å². The predicted octanol–water partition coefficient (Wildman–Crippen LogP) is 1.98. The second kappa shape index (κ2) is 4.28. The first-order valence-electron chi connectivity index (χ1n) is 4.99. The second-order valence-corrected chi connectivity index (χ2v) is 3.63. The summed E-state index contributed by atoms with van der Waals surface area (Å²) in [5, 5.41) is 9.33. The summed E-state index contributed by atoms with van der Waals surface area (Å²) in [6.07, 6.45) is 3.12. The van der Waals surface area contributed by atoms with Crippen molar-refractivity contribution >= 4 is 0 Å². The smallest absolute Gasteiger partial charge is 0.0953 e. The zero-order valence-electron chi connectivity index (χ0n) is 8.67. The zero-order valence-corrected chi connectivity index (χ0v) is 8.67. The van der Waals surface area contributed by atoms with Gasteiger partial charge in [0.05, 0.1) is 18.1 Å². The molecule has 0 saturated carbocycles. The molecule has 0 saturated heterocycles. The highest BCUT2D eigenvalue weighted by Crippen LogP contribution is 2.09. The van der Waals surface area contributed by atoms with Gasteiger partial charge in [0, 0.05) is 12.7 Å². The Morgan fingerprint density at radius 2 is 2.07 bits per heavy atom. The van der Waals surface area contributed by atoms with Crippen molar-refractivity contribution in [3.8, 4) is 0 Å². The highest BCUT2D eigenvalue weighted by Gasteiger charge is 2.04. The molecular weight excluding hydrogens is 188 g/mol. The number of hydrogen-bond donors (Lipinski definition) is 1. The Bertz CT molecular complexity index is 420. The molecule has 3 nitrogen and oxygen atoms in total. The third-order valence-electron chi connectivity index (χ3n) is 2.29. The fraction of sp³-hybridized carbons (Fsp3) is 0.250. The number of rotatable bonds is 3. The molecule has 2 rings (SSSR count). The van der Waals surface area contributed by atoms with Crippen molar-refractivity contribution in [1.29, 1.82) is 0 Å². The van der Waals surface area contributed by atoms with Gasteiger partial charge in [0.2, 0.25) is 0 Å². The van der Waals surface area contributed by atoms with E-state index in [0.717, 1.165) is 6.54 Å². The van der Waals surface area contributed by atoms with Crippen molar-refractivity contribution in [2.45, 2.75) is 19.6 Å². The van der Waals surface area contributed by atoms with Crippen molar-refractivity contribution in [2.24, 2.45) is 0 Å². The van der Waals surface area contributed by atoms with Crippen LogP contribution in [0.5, 0.6) is 0 Å². The fourth-order valence-electron chi connectivity index (χ4n) is 1.47. The van der Waals surface area contributed by atoms with E-state index in [-0.39, 0.29) is 0 Å². The zero-order chi connectivity index (χ0) is 10.7. The van der Waals surface area contributed by atoms with Gasteiger partial charge in [-0.2, -0.15) is 0 Å². The average Bonchev–Trinajstić information content (AvgIpc) is 2.68. The Labute approximate surface area is 89.0 Å². The first-order chi connectivity index (χ1) is 7.25. The van der Waals surface area contributed by atoms with Crippen LogP contribution in [-0.4, -0.2) is 14.7 Å². The molecule has 15 heavy (non-hydrogen) atoms. The number of nitrogens with zero attached hydrogens (tertiary/aromatic N) is 2. The summed E-state index contributed by atoms with van der Waals surface area (Å²) < 4.78 is 1.97. The number of aromatic nitrogens is 2. The minimum atomic E-state index is -0.498. The van der Waals surface area contributed by atoms with E-state index in [1.807, 2.05) is 29.0 Å². The summed E-state index contributed by atoms with van der Waals surface area (Å²) >= 11 is 0. The van der Waals surface area contributed by atoms with Crippen LogP contribution >= 0.6 is 0 Å². The van der Waals surface area contributed by atoms with Gasteiger partial charge >= 0.3 is 0 Å². The van der Waals surface area contributed by atoms with Crippen molar-refractivity contribution in [3.63, 3.8) is 0 Å². The van der Waals surface area contributed by atoms with Crippen molar-refractivity contribution < 1.29 is 5.11 Å². The predicted molar refractivity (Wildman–Crippen MR) is 58.4 cm³/mol. The van der Waals surface area contributed by atoms with Crippen LogP contribution in [0.4, 0.5) is 0 Å². The van der Waals surface area contributed by atoms with E-state index in [1.165, 1.54) is 5.56 Å². The van der Waals surface area contributed by atoms with Crippen LogP contribution in [0.2, 0.25) is 0 Å². The first kappa shape index (κ1) is 9.93. The van der Waals surface area contributed by atoms with E-state index in [0.29, 0.717) is 5.69 Å². The van der Waals surface area contributed by atoms with Crippen LogP contribution in [0.25, 0.3) is 0 Å². The highest BCUT2D eigenvalue weighted by molar-refractivity contribution is 5.15. The largest absolute Gasteiger partial charge is 0.387 e. The molecule has 0 amide bonds. The Morgan fingerprint density at radius 1 is 1.33 bits per heavy atom. The molecule has 78 valence electrons. The van der Waals surface area contributed by atoms with Crippen LogP contribution in [-0.2, 0) is 6.54 Å². The summed E-state index contributed by atoms with van der Waals surface area (Å²) in [6, 6.07) is 10.2. The van der Waals surface area contributed by atoms with Crippen LogP contribution in [0.3, 0.4) is 0 Å². The lowest BCUT2D eigenvalue weighted by molar-refractivity contribution is 0.195. The molecule has 1 atom stereocenters. The maximum atomic E-state index is 9.33. The minimum Gasteiger partial charge on any atom is -0.387 e. The molecule has 0 spiro atoms. The molecule has 0 unspecified atom stereocenters. The maximum absolute atomic E-state index is 9.33. The lowest BCUT2D eigenvalue weighted by Crippen LogP contribution is -1.96. The number of aliphatic hydroxyl groups is 1. The average molecular weight is 202 g/mol. The Balaban J connectivity index is 2.12. The van der Waals surface area contributed by atoms with Gasteiger partial charge in [-0.1, -0.05) is 30.3 Å². The Morgan fingerprint density at radius 3 is 2.67 bits per heavy atom. The summed E-state index contributed by atoms with van der Waals surface area (Å²) in [5.41, 5.74) is 1.94. The summed E-state index contributed by atoms with van der Waals surface area (Å²) in [6.45, 7) is 2.51. The van der Waals surface area contributed by atoms with E-state index < -0.39 is 6.10 Å². The van der Waals surface area contributed by atoms with Crippen molar-refractivity contribution in [3.05, 3.63) is 54.1 Å². The molecule has 1 aromatic carbocycles. The molecule has 0 aliphatic carbocycles. The Hall–Kier alpha value is -1.61. The highest BCUT2D eigenvalue weighted by atomic mass is 16.3. The third-order valence-corrected chi connectivity index (χ3v) is 2.29. The third kappa shape index (κ3) is 2.44. The van der Waals surface area contributed by atoms with Gasteiger partial charge in [-0.3, -0.25) is 0 Å². The van der Waals surface area contributed by atoms with Crippen molar-refractivity contribution in [2.75, 3.05) is 0 Å². The fourth-order valence-corrected chi connectivity index (χ4v) is 1.47. The number of aliphatic hydroxyl groups excluding tert-OH is 1. The molecule has 3 heteroatoms. The molecular formula is C12H14N2O. The van der Waals surface area contributed by atoms with Crippen LogP contribution in [0, 0.1) is 0 Å². The molecule has 0 aliphatic rings. The summed E-state index contributed by atoms with van der Waals surface area (Å²) in [4.78, 5) is 4.12. The molecule has 0 radical (unpaired) electrons.